The molecule has 0 bridgehead atoms. The molecule has 0 aliphatic rings. The van der Waals surface area contributed by atoms with Gasteiger partial charge in [0.05, 0.1) is 11.9 Å². The number of halogens is 1. The zero-order valence-corrected chi connectivity index (χ0v) is 11.7. The molecule has 0 radical (unpaired) electrons. The molecule has 0 saturated carbocycles. The third-order valence-corrected chi connectivity index (χ3v) is 3.00. The van der Waals surface area contributed by atoms with Gasteiger partial charge in [-0.05, 0) is 17.7 Å². The van der Waals surface area contributed by atoms with Crippen LogP contribution in [0.3, 0.4) is 0 Å². The predicted molar refractivity (Wildman–Crippen MR) is 83.3 cm³/mol. The lowest BCUT2D eigenvalue weighted by Crippen LogP contribution is -2.06. The highest BCUT2D eigenvalue weighted by Gasteiger charge is 2.04. The van der Waals surface area contributed by atoms with Crippen LogP contribution in [-0.2, 0) is 6.54 Å². The number of para-hydroxylation sites is 1. The molecule has 0 amide bonds. The maximum Gasteiger partial charge on any atom is 0.249 e. The predicted octanol–water partition coefficient (Wildman–Crippen LogP) is 3.37. The Kier molecular flexibility index (Phi) is 4.20. The van der Waals surface area contributed by atoms with Crippen LogP contribution in [0.1, 0.15) is 5.56 Å². The lowest BCUT2D eigenvalue weighted by atomic mass is 10.2. The smallest absolute Gasteiger partial charge is 0.249 e. The number of hydrogen-bond acceptors (Lipinski definition) is 5. The molecular weight excluding hydrogens is 281 g/mol. The van der Waals surface area contributed by atoms with Gasteiger partial charge in [-0.3, -0.25) is 0 Å². The molecule has 0 saturated heterocycles. The average molecular weight is 295 g/mol. The van der Waals surface area contributed by atoms with Crippen molar-refractivity contribution in [3.63, 3.8) is 0 Å². The molecule has 0 fully saturated rings. The minimum absolute atomic E-state index is 0.239. The van der Waals surface area contributed by atoms with Crippen LogP contribution in [0.15, 0.2) is 60.8 Å². The number of aromatic nitrogens is 3. The van der Waals surface area contributed by atoms with E-state index in [1.165, 1.54) is 12.3 Å². The van der Waals surface area contributed by atoms with Gasteiger partial charge < -0.3 is 10.6 Å². The van der Waals surface area contributed by atoms with Gasteiger partial charge in [-0.1, -0.05) is 42.5 Å². The van der Waals surface area contributed by atoms with Crippen LogP contribution in [0, 0.1) is 5.82 Å². The van der Waals surface area contributed by atoms with Crippen molar-refractivity contribution in [2.75, 3.05) is 10.6 Å². The average Bonchev–Trinajstić information content (AvgIpc) is 2.57. The number of hydrogen-bond donors (Lipinski definition) is 2. The Bertz CT molecular complexity index is 748. The fourth-order valence-corrected chi connectivity index (χ4v) is 1.91. The van der Waals surface area contributed by atoms with Crippen molar-refractivity contribution >= 4 is 17.5 Å². The second-order valence-electron chi connectivity index (χ2n) is 4.61. The second-order valence-corrected chi connectivity index (χ2v) is 4.61. The van der Waals surface area contributed by atoms with Crippen LogP contribution in [0.4, 0.5) is 21.8 Å². The van der Waals surface area contributed by atoms with Crippen molar-refractivity contribution < 1.29 is 4.39 Å². The Balaban J connectivity index is 1.69. The van der Waals surface area contributed by atoms with Crippen LogP contribution in [0.5, 0.6) is 0 Å². The highest BCUT2D eigenvalue weighted by Crippen LogP contribution is 2.17. The summed E-state index contributed by atoms with van der Waals surface area (Å²) < 4.78 is 13.6. The normalized spacial score (nSPS) is 10.2. The zero-order valence-electron chi connectivity index (χ0n) is 11.7. The first kappa shape index (κ1) is 13.9. The van der Waals surface area contributed by atoms with Crippen LogP contribution >= 0.6 is 0 Å². The summed E-state index contributed by atoms with van der Waals surface area (Å²) in [6.07, 6.45) is 1.52. The van der Waals surface area contributed by atoms with Gasteiger partial charge in [-0.2, -0.15) is 10.1 Å². The van der Waals surface area contributed by atoms with E-state index in [9.17, 15) is 4.39 Å². The van der Waals surface area contributed by atoms with E-state index in [0.717, 1.165) is 5.56 Å². The first-order valence-corrected chi connectivity index (χ1v) is 6.80. The molecule has 0 atom stereocenters. The topological polar surface area (TPSA) is 62.7 Å². The summed E-state index contributed by atoms with van der Waals surface area (Å²) in [5, 5.41) is 13.7. The van der Waals surface area contributed by atoms with E-state index in [2.05, 4.69) is 25.8 Å². The summed E-state index contributed by atoms with van der Waals surface area (Å²) in [6.45, 7) is 0.624. The number of nitrogens with zero attached hydrogens (tertiary/aromatic N) is 3. The number of anilines is 3. The summed E-state index contributed by atoms with van der Waals surface area (Å²) in [5.74, 6) is 0.439. The van der Waals surface area contributed by atoms with Gasteiger partial charge in [0.1, 0.15) is 5.82 Å². The lowest BCUT2D eigenvalue weighted by molar-refractivity contribution is 0.631. The van der Waals surface area contributed by atoms with E-state index in [4.69, 9.17) is 0 Å². The number of rotatable bonds is 5. The lowest BCUT2D eigenvalue weighted by Gasteiger charge is -2.08. The Hall–Kier alpha value is -3.02. The summed E-state index contributed by atoms with van der Waals surface area (Å²) in [7, 11) is 0. The van der Waals surface area contributed by atoms with Gasteiger partial charge in [0, 0.05) is 6.54 Å². The van der Waals surface area contributed by atoms with Crippen molar-refractivity contribution in [3.8, 4) is 0 Å². The molecule has 5 nitrogen and oxygen atoms in total. The summed E-state index contributed by atoms with van der Waals surface area (Å²) in [6, 6.07) is 16.3. The molecule has 22 heavy (non-hydrogen) atoms. The first-order chi connectivity index (χ1) is 10.8. The second kappa shape index (κ2) is 6.62. The largest absolute Gasteiger partial charge is 0.365 e. The molecule has 6 heteroatoms. The molecule has 1 aromatic heterocycles. The molecule has 0 unspecified atom stereocenters. The van der Waals surface area contributed by atoms with Gasteiger partial charge in [-0.15, -0.1) is 5.10 Å². The van der Waals surface area contributed by atoms with Crippen molar-refractivity contribution in [1.29, 1.82) is 0 Å². The SMILES string of the molecule is Fc1ccccc1Nc1nncc(NCc2ccccc2)n1. The Morgan fingerprint density at radius 1 is 0.955 bits per heavy atom. The molecule has 2 N–H and O–H groups in total. The molecule has 3 aromatic rings. The van der Waals surface area contributed by atoms with Crippen LogP contribution < -0.4 is 10.6 Å². The minimum atomic E-state index is -0.367. The van der Waals surface area contributed by atoms with Gasteiger partial charge in [0.25, 0.3) is 0 Å². The van der Waals surface area contributed by atoms with Gasteiger partial charge >= 0.3 is 0 Å². The van der Waals surface area contributed by atoms with Crippen LogP contribution in [0.25, 0.3) is 0 Å². The molecule has 3 rings (SSSR count). The molecule has 2 aromatic carbocycles. The minimum Gasteiger partial charge on any atom is -0.365 e. The molecule has 0 aliphatic heterocycles. The third kappa shape index (κ3) is 3.54. The summed E-state index contributed by atoms with van der Waals surface area (Å²) in [5.41, 5.74) is 1.44. The molecule has 110 valence electrons. The van der Waals surface area contributed by atoms with Crippen LogP contribution in [-0.4, -0.2) is 15.2 Å². The maximum absolute atomic E-state index is 13.6. The Morgan fingerprint density at radius 3 is 2.55 bits per heavy atom. The highest BCUT2D eigenvalue weighted by molar-refractivity contribution is 5.54. The van der Waals surface area contributed by atoms with E-state index in [1.54, 1.807) is 18.2 Å². The van der Waals surface area contributed by atoms with Gasteiger partial charge in [0.2, 0.25) is 5.95 Å². The monoisotopic (exact) mass is 295 g/mol. The van der Waals surface area contributed by atoms with Crippen LogP contribution in [0.2, 0.25) is 0 Å². The summed E-state index contributed by atoms with van der Waals surface area (Å²) >= 11 is 0. The third-order valence-electron chi connectivity index (χ3n) is 3.00. The summed E-state index contributed by atoms with van der Waals surface area (Å²) in [4.78, 5) is 4.26. The fraction of sp³-hybridized carbons (Fsp3) is 0.0625. The van der Waals surface area contributed by atoms with Crippen molar-refractivity contribution in [3.05, 3.63) is 72.2 Å². The fourth-order valence-electron chi connectivity index (χ4n) is 1.91. The first-order valence-electron chi connectivity index (χ1n) is 6.80. The highest BCUT2D eigenvalue weighted by atomic mass is 19.1. The van der Waals surface area contributed by atoms with E-state index in [0.29, 0.717) is 18.1 Å². The van der Waals surface area contributed by atoms with E-state index >= 15 is 0 Å². The van der Waals surface area contributed by atoms with Crippen molar-refractivity contribution in [2.45, 2.75) is 6.54 Å². The number of nitrogens with one attached hydrogen (secondary N) is 2. The zero-order chi connectivity index (χ0) is 15.2. The number of benzene rings is 2. The molecule has 0 aliphatic carbocycles. The quantitative estimate of drug-likeness (QED) is 0.755. The van der Waals surface area contributed by atoms with E-state index in [1.807, 2.05) is 30.3 Å². The molecular formula is C16H14FN5. The van der Waals surface area contributed by atoms with Crippen molar-refractivity contribution in [2.24, 2.45) is 0 Å². The molecule has 0 spiro atoms. The van der Waals surface area contributed by atoms with Gasteiger partial charge in [0.15, 0.2) is 5.82 Å². The van der Waals surface area contributed by atoms with E-state index in [-0.39, 0.29) is 11.8 Å². The van der Waals surface area contributed by atoms with Crippen molar-refractivity contribution in [1.82, 2.24) is 15.2 Å². The molecule has 1 heterocycles. The maximum atomic E-state index is 13.6. The Morgan fingerprint density at radius 2 is 1.73 bits per heavy atom. The van der Waals surface area contributed by atoms with Gasteiger partial charge in [-0.25, -0.2) is 4.39 Å². The Labute approximate surface area is 127 Å². The van der Waals surface area contributed by atoms with E-state index < -0.39 is 0 Å². The standard InChI is InChI=1S/C16H14FN5/c17-13-8-4-5-9-14(13)20-16-21-15(11-19-22-16)18-10-12-6-2-1-3-7-12/h1-9,11H,10H2,(H2,18,20,21,22).